The molecular formula is C8H16Cl2O2. The molecule has 0 fully saturated rings. The lowest BCUT2D eigenvalue weighted by molar-refractivity contribution is 0.0161. The van der Waals surface area contributed by atoms with Gasteiger partial charge in [-0.25, -0.2) is 0 Å². The summed E-state index contributed by atoms with van der Waals surface area (Å²) in [5.74, 6) is 1.08. The fourth-order valence-electron chi connectivity index (χ4n) is 0.702. The lowest BCUT2D eigenvalue weighted by atomic mass is 10.3. The van der Waals surface area contributed by atoms with Gasteiger partial charge in [0.1, 0.15) is 0 Å². The van der Waals surface area contributed by atoms with Crippen molar-refractivity contribution in [2.24, 2.45) is 0 Å². The molecule has 0 rings (SSSR count). The van der Waals surface area contributed by atoms with Crippen LogP contribution in [0.25, 0.3) is 0 Å². The van der Waals surface area contributed by atoms with Crippen molar-refractivity contribution in [3.8, 4) is 0 Å². The van der Waals surface area contributed by atoms with Crippen LogP contribution in [0.1, 0.15) is 13.3 Å². The summed E-state index contributed by atoms with van der Waals surface area (Å²) < 4.78 is 10.5. The number of ether oxygens (including phenoxy) is 2. The Morgan fingerprint density at radius 1 is 1.17 bits per heavy atom. The van der Waals surface area contributed by atoms with E-state index < -0.39 is 0 Å². The van der Waals surface area contributed by atoms with Crippen LogP contribution in [0.15, 0.2) is 0 Å². The normalized spacial score (nSPS) is 13.2. The average Bonchev–Trinajstić information content (AvgIpc) is 2.11. The molecule has 12 heavy (non-hydrogen) atoms. The van der Waals surface area contributed by atoms with Gasteiger partial charge in [-0.2, -0.15) is 0 Å². The molecule has 0 bridgehead atoms. The van der Waals surface area contributed by atoms with Crippen molar-refractivity contribution in [2.75, 3.05) is 31.6 Å². The summed E-state index contributed by atoms with van der Waals surface area (Å²) in [5, 5.41) is 0. The SMILES string of the molecule is CC[C@@H](CCl)OCCOCCCl. The van der Waals surface area contributed by atoms with Gasteiger partial charge in [0.25, 0.3) is 0 Å². The first kappa shape index (κ1) is 12.5. The Balaban J connectivity index is 3.06. The van der Waals surface area contributed by atoms with Gasteiger partial charge in [-0.3, -0.25) is 0 Å². The van der Waals surface area contributed by atoms with Crippen LogP contribution in [0.2, 0.25) is 0 Å². The van der Waals surface area contributed by atoms with Crippen LogP contribution in [-0.2, 0) is 9.47 Å². The number of hydrogen-bond acceptors (Lipinski definition) is 2. The lowest BCUT2D eigenvalue weighted by Gasteiger charge is -2.12. The van der Waals surface area contributed by atoms with E-state index in [-0.39, 0.29) is 6.10 Å². The summed E-state index contributed by atoms with van der Waals surface area (Å²) in [6.45, 7) is 3.83. The molecule has 0 aromatic heterocycles. The molecule has 0 aliphatic rings. The fourth-order valence-corrected chi connectivity index (χ4v) is 1.12. The second kappa shape index (κ2) is 9.59. The second-order valence-electron chi connectivity index (χ2n) is 2.36. The van der Waals surface area contributed by atoms with Crippen molar-refractivity contribution in [1.82, 2.24) is 0 Å². The molecular weight excluding hydrogens is 199 g/mol. The first-order valence-electron chi connectivity index (χ1n) is 4.16. The summed E-state index contributed by atoms with van der Waals surface area (Å²) in [4.78, 5) is 0. The van der Waals surface area contributed by atoms with E-state index >= 15 is 0 Å². The zero-order chi connectivity index (χ0) is 9.23. The highest BCUT2D eigenvalue weighted by molar-refractivity contribution is 6.18. The molecule has 0 unspecified atom stereocenters. The average molecular weight is 215 g/mol. The van der Waals surface area contributed by atoms with Crippen LogP contribution in [0.4, 0.5) is 0 Å². The summed E-state index contributed by atoms with van der Waals surface area (Å²) in [7, 11) is 0. The first-order valence-corrected chi connectivity index (χ1v) is 5.23. The van der Waals surface area contributed by atoms with Gasteiger partial charge in [0.2, 0.25) is 0 Å². The van der Waals surface area contributed by atoms with E-state index in [0.717, 1.165) is 6.42 Å². The first-order chi connectivity index (χ1) is 5.85. The predicted octanol–water partition coefficient (Wildman–Crippen LogP) is 2.28. The van der Waals surface area contributed by atoms with Crippen LogP contribution in [0.5, 0.6) is 0 Å². The standard InChI is InChI=1S/C8H16Cl2O2/c1-2-8(7-10)12-6-5-11-4-3-9/h8H,2-7H2,1H3/t8-/m0/s1. The third-order valence-electron chi connectivity index (χ3n) is 1.43. The van der Waals surface area contributed by atoms with E-state index in [0.29, 0.717) is 31.6 Å². The largest absolute Gasteiger partial charge is 0.378 e. The van der Waals surface area contributed by atoms with Crippen molar-refractivity contribution in [3.05, 3.63) is 0 Å². The topological polar surface area (TPSA) is 18.5 Å². The molecule has 0 saturated heterocycles. The molecule has 0 radical (unpaired) electrons. The molecule has 0 aromatic rings. The Morgan fingerprint density at radius 2 is 1.92 bits per heavy atom. The van der Waals surface area contributed by atoms with Crippen molar-refractivity contribution in [1.29, 1.82) is 0 Å². The maximum absolute atomic E-state index is 5.62. The van der Waals surface area contributed by atoms with Gasteiger partial charge < -0.3 is 9.47 Å². The molecule has 0 heterocycles. The zero-order valence-corrected chi connectivity index (χ0v) is 8.90. The van der Waals surface area contributed by atoms with Gasteiger partial charge in [0, 0.05) is 11.8 Å². The molecule has 0 spiro atoms. The minimum atomic E-state index is 0.159. The van der Waals surface area contributed by atoms with Crippen LogP contribution < -0.4 is 0 Å². The molecule has 2 nitrogen and oxygen atoms in total. The highest BCUT2D eigenvalue weighted by Gasteiger charge is 2.02. The van der Waals surface area contributed by atoms with E-state index in [9.17, 15) is 0 Å². The van der Waals surface area contributed by atoms with E-state index in [1.54, 1.807) is 0 Å². The summed E-state index contributed by atoms with van der Waals surface area (Å²) in [5.41, 5.74) is 0. The molecule has 0 aliphatic heterocycles. The molecule has 0 aliphatic carbocycles. The number of hydrogen-bond donors (Lipinski definition) is 0. The van der Waals surface area contributed by atoms with Gasteiger partial charge in [-0.1, -0.05) is 6.92 Å². The van der Waals surface area contributed by atoms with E-state index in [1.807, 2.05) is 6.92 Å². The zero-order valence-electron chi connectivity index (χ0n) is 7.39. The van der Waals surface area contributed by atoms with Crippen LogP contribution in [0, 0.1) is 0 Å². The Bertz CT molecular complexity index is 87.1. The Morgan fingerprint density at radius 3 is 2.42 bits per heavy atom. The summed E-state index contributed by atoms with van der Waals surface area (Å²) in [6, 6.07) is 0. The number of rotatable bonds is 8. The quantitative estimate of drug-likeness (QED) is 0.456. The van der Waals surface area contributed by atoms with Gasteiger partial charge in [0.15, 0.2) is 0 Å². The lowest BCUT2D eigenvalue weighted by Crippen LogP contribution is -2.17. The Kier molecular flexibility index (Phi) is 9.99. The molecule has 4 heteroatoms. The smallest absolute Gasteiger partial charge is 0.0708 e. The van der Waals surface area contributed by atoms with Crippen LogP contribution in [0.3, 0.4) is 0 Å². The molecule has 1 atom stereocenters. The van der Waals surface area contributed by atoms with E-state index in [1.165, 1.54) is 0 Å². The summed E-state index contributed by atoms with van der Waals surface area (Å²) >= 11 is 11.0. The third-order valence-corrected chi connectivity index (χ3v) is 1.93. The van der Waals surface area contributed by atoms with Crippen molar-refractivity contribution < 1.29 is 9.47 Å². The van der Waals surface area contributed by atoms with Crippen LogP contribution >= 0.6 is 23.2 Å². The summed E-state index contributed by atoms with van der Waals surface area (Å²) in [6.07, 6.45) is 1.10. The molecule has 0 N–H and O–H groups in total. The third kappa shape index (κ3) is 7.17. The highest BCUT2D eigenvalue weighted by atomic mass is 35.5. The van der Waals surface area contributed by atoms with E-state index in [4.69, 9.17) is 32.7 Å². The van der Waals surface area contributed by atoms with Crippen molar-refractivity contribution >= 4 is 23.2 Å². The molecule has 0 saturated carbocycles. The van der Waals surface area contributed by atoms with Gasteiger partial charge in [-0.15, -0.1) is 23.2 Å². The minimum absolute atomic E-state index is 0.159. The van der Waals surface area contributed by atoms with E-state index in [2.05, 4.69) is 0 Å². The number of alkyl halides is 2. The predicted molar refractivity (Wildman–Crippen MR) is 52.3 cm³/mol. The van der Waals surface area contributed by atoms with Gasteiger partial charge in [0.05, 0.1) is 25.9 Å². The van der Waals surface area contributed by atoms with Gasteiger partial charge >= 0.3 is 0 Å². The maximum atomic E-state index is 5.62. The fraction of sp³-hybridized carbons (Fsp3) is 1.00. The van der Waals surface area contributed by atoms with Crippen molar-refractivity contribution in [3.63, 3.8) is 0 Å². The van der Waals surface area contributed by atoms with Crippen molar-refractivity contribution in [2.45, 2.75) is 19.4 Å². The highest BCUT2D eigenvalue weighted by Crippen LogP contribution is 1.99. The molecule has 74 valence electrons. The molecule has 0 amide bonds. The minimum Gasteiger partial charge on any atom is -0.378 e. The second-order valence-corrected chi connectivity index (χ2v) is 3.04. The Hall–Kier alpha value is 0.500. The number of halogens is 2. The van der Waals surface area contributed by atoms with Crippen LogP contribution in [-0.4, -0.2) is 37.7 Å². The monoisotopic (exact) mass is 214 g/mol. The molecule has 0 aromatic carbocycles. The Labute approximate surface area is 84.1 Å². The maximum Gasteiger partial charge on any atom is 0.0708 e. The van der Waals surface area contributed by atoms with Gasteiger partial charge in [-0.05, 0) is 6.42 Å².